The summed E-state index contributed by atoms with van der Waals surface area (Å²) in [5.41, 5.74) is 0.491. The zero-order chi connectivity index (χ0) is 14.0. The Morgan fingerprint density at radius 2 is 1.89 bits per heavy atom. The third kappa shape index (κ3) is 3.55. The summed E-state index contributed by atoms with van der Waals surface area (Å²) in [6.07, 6.45) is 0. The van der Waals surface area contributed by atoms with Crippen molar-refractivity contribution >= 4 is 55.1 Å². The first kappa shape index (κ1) is 14.5. The summed E-state index contributed by atoms with van der Waals surface area (Å²) >= 11 is 12.3. The highest BCUT2D eigenvalue weighted by Gasteiger charge is 2.13. The van der Waals surface area contributed by atoms with Crippen molar-refractivity contribution in [2.24, 2.45) is 0 Å². The molecule has 0 aliphatic carbocycles. The fourth-order valence-electron chi connectivity index (χ4n) is 1.46. The number of nitrogens with one attached hydrogen (secondary N) is 1. The predicted molar refractivity (Wildman–Crippen MR) is 81.2 cm³/mol. The van der Waals surface area contributed by atoms with E-state index in [1.807, 2.05) is 0 Å². The number of hydrogen-bond donors (Lipinski definition) is 1. The summed E-state index contributed by atoms with van der Waals surface area (Å²) in [6, 6.07) is 9.10. The normalized spacial score (nSPS) is 10.3. The van der Waals surface area contributed by atoms with Gasteiger partial charge in [-0.2, -0.15) is 0 Å². The van der Waals surface area contributed by atoms with Gasteiger partial charge in [-0.15, -0.1) is 0 Å². The molecule has 0 unspecified atom stereocenters. The van der Waals surface area contributed by atoms with Gasteiger partial charge >= 0.3 is 0 Å². The number of amides is 1. The van der Waals surface area contributed by atoms with Crippen LogP contribution in [0.15, 0.2) is 45.3 Å². The number of anilines is 1. The number of carbonyl (C=O) groups is 1. The molecule has 2 aromatic carbocycles. The second kappa shape index (κ2) is 6.03. The molecule has 1 N–H and O–H groups in total. The molecular weight excluding hydrogens is 400 g/mol. The lowest BCUT2D eigenvalue weighted by Gasteiger charge is -2.08. The van der Waals surface area contributed by atoms with Crippen molar-refractivity contribution in [3.8, 4) is 0 Å². The van der Waals surface area contributed by atoms with Crippen molar-refractivity contribution in [3.05, 3.63) is 61.7 Å². The fraction of sp³-hybridized carbons (Fsp3) is 0. The van der Waals surface area contributed by atoms with Gasteiger partial charge in [0.1, 0.15) is 5.82 Å². The Morgan fingerprint density at radius 1 is 1.16 bits per heavy atom. The van der Waals surface area contributed by atoms with Crippen LogP contribution < -0.4 is 5.32 Å². The molecule has 0 spiro atoms. The highest BCUT2D eigenvalue weighted by atomic mass is 79.9. The molecule has 1 amide bonds. The molecule has 0 atom stereocenters. The minimum absolute atomic E-state index is 0.112. The van der Waals surface area contributed by atoms with E-state index in [0.717, 1.165) is 0 Å². The molecule has 2 nitrogen and oxygen atoms in total. The van der Waals surface area contributed by atoms with E-state index < -0.39 is 11.7 Å². The number of carbonyl (C=O) groups excluding carboxylic acids is 1. The van der Waals surface area contributed by atoms with E-state index in [-0.39, 0.29) is 5.69 Å². The van der Waals surface area contributed by atoms with Crippen molar-refractivity contribution in [2.75, 3.05) is 5.32 Å². The number of benzene rings is 2. The minimum atomic E-state index is -0.498. The van der Waals surface area contributed by atoms with Gasteiger partial charge in [-0.1, -0.05) is 27.5 Å². The van der Waals surface area contributed by atoms with E-state index in [9.17, 15) is 9.18 Å². The van der Waals surface area contributed by atoms with Crippen LogP contribution in [0.2, 0.25) is 5.02 Å². The van der Waals surface area contributed by atoms with Gasteiger partial charge in [0.05, 0.1) is 11.3 Å². The van der Waals surface area contributed by atoms with E-state index in [1.165, 1.54) is 12.1 Å². The topological polar surface area (TPSA) is 29.1 Å². The van der Waals surface area contributed by atoms with Crippen molar-refractivity contribution in [3.63, 3.8) is 0 Å². The molecule has 0 radical (unpaired) electrons. The van der Waals surface area contributed by atoms with Crippen LogP contribution in [0.5, 0.6) is 0 Å². The smallest absolute Gasteiger partial charge is 0.256 e. The molecule has 0 aliphatic heterocycles. The van der Waals surface area contributed by atoms with Crippen LogP contribution in [0.25, 0.3) is 0 Å². The molecule has 0 heterocycles. The monoisotopic (exact) mass is 405 g/mol. The van der Waals surface area contributed by atoms with Crippen LogP contribution in [0, 0.1) is 5.82 Å². The Bertz CT molecular complexity index is 649. The van der Waals surface area contributed by atoms with Crippen molar-refractivity contribution in [2.45, 2.75) is 0 Å². The van der Waals surface area contributed by atoms with E-state index in [2.05, 4.69) is 37.2 Å². The molecule has 0 fully saturated rings. The first-order valence-corrected chi connectivity index (χ1v) is 7.15. The van der Waals surface area contributed by atoms with E-state index in [0.29, 0.717) is 19.5 Å². The Kier molecular flexibility index (Phi) is 4.60. The van der Waals surface area contributed by atoms with Crippen molar-refractivity contribution in [1.82, 2.24) is 0 Å². The molecule has 0 bridgehead atoms. The molecular formula is C13H7Br2ClFNO. The third-order valence-electron chi connectivity index (χ3n) is 2.35. The zero-order valence-corrected chi connectivity index (χ0v) is 13.3. The maximum absolute atomic E-state index is 13.5. The molecule has 0 saturated carbocycles. The van der Waals surface area contributed by atoms with Crippen LogP contribution in [-0.2, 0) is 0 Å². The SMILES string of the molecule is O=C(Nc1cc(Br)ccc1F)c1ccc(Cl)cc1Br. The van der Waals surface area contributed by atoms with Crippen molar-refractivity contribution < 1.29 is 9.18 Å². The molecule has 19 heavy (non-hydrogen) atoms. The van der Waals surface area contributed by atoms with Gasteiger partial charge in [0.25, 0.3) is 5.91 Å². The predicted octanol–water partition coefficient (Wildman–Crippen LogP) is 5.26. The maximum atomic E-state index is 13.5. The second-order valence-corrected chi connectivity index (χ2v) is 5.91. The lowest BCUT2D eigenvalue weighted by atomic mass is 10.2. The number of hydrogen-bond acceptors (Lipinski definition) is 1. The summed E-state index contributed by atoms with van der Waals surface area (Å²) in [6.45, 7) is 0. The average Bonchev–Trinajstić information content (AvgIpc) is 2.33. The van der Waals surface area contributed by atoms with Gasteiger partial charge in [-0.25, -0.2) is 4.39 Å². The second-order valence-electron chi connectivity index (χ2n) is 3.70. The van der Waals surface area contributed by atoms with Crippen LogP contribution >= 0.6 is 43.5 Å². The zero-order valence-electron chi connectivity index (χ0n) is 9.38. The van der Waals surface area contributed by atoms with Crippen LogP contribution in [0.4, 0.5) is 10.1 Å². The van der Waals surface area contributed by atoms with E-state index in [4.69, 9.17) is 11.6 Å². The largest absolute Gasteiger partial charge is 0.319 e. The molecule has 0 aliphatic rings. The van der Waals surface area contributed by atoms with Crippen LogP contribution in [0.1, 0.15) is 10.4 Å². The molecule has 0 aromatic heterocycles. The first-order valence-electron chi connectivity index (χ1n) is 5.19. The molecule has 0 saturated heterocycles. The van der Waals surface area contributed by atoms with Gasteiger partial charge in [0.15, 0.2) is 0 Å². The van der Waals surface area contributed by atoms with Gasteiger partial charge in [-0.05, 0) is 52.3 Å². The Labute approximate surface area is 131 Å². The number of rotatable bonds is 2. The quantitative estimate of drug-likeness (QED) is 0.723. The summed E-state index contributed by atoms with van der Waals surface area (Å²) in [7, 11) is 0. The molecule has 98 valence electrons. The Balaban J connectivity index is 2.28. The number of halogens is 4. The van der Waals surface area contributed by atoms with Crippen molar-refractivity contribution in [1.29, 1.82) is 0 Å². The van der Waals surface area contributed by atoms with Gasteiger partial charge in [0, 0.05) is 14.0 Å². The molecule has 6 heteroatoms. The highest BCUT2D eigenvalue weighted by Crippen LogP contribution is 2.24. The summed E-state index contributed by atoms with van der Waals surface area (Å²) in [5, 5.41) is 3.02. The minimum Gasteiger partial charge on any atom is -0.319 e. The molecule has 2 aromatic rings. The van der Waals surface area contributed by atoms with Crippen LogP contribution in [-0.4, -0.2) is 5.91 Å². The summed E-state index contributed by atoms with van der Waals surface area (Å²) in [5.74, 6) is -0.915. The Hall–Kier alpha value is -0.910. The van der Waals surface area contributed by atoms with Gasteiger partial charge < -0.3 is 5.32 Å². The van der Waals surface area contributed by atoms with Gasteiger partial charge in [-0.3, -0.25) is 4.79 Å². The standard InChI is InChI=1S/C13H7Br2ClFNO/c14-7-1-4-11(17)12(5-7)18-13(19)9-3-2-8(16)6-10(9)15/h1-6H,(H,18,19). The molecule has 2 rings (SSSR count). The lowest BCUT2D eigenvalue weighted by Crippen LogP contribution is -2.13. The maximum Gasteiger partial charge on any atom is 0.256 e. The third-order valence-corrected chi connectivity index (χ3v) is 3.74. The van der Waals surface area contributed by atoms with Crippen LogP contribution in [0.3, 0.4) is 0 Å². The van der Waals surface area contributed by atoms with E-state index >= 15 is 0 Å². The summed E-state index contributed by atoms with van der Waals surface area (Å²) < 4.78 is 14.8. The fourth-order valence-corrected chi connectivity index (χ4v) is 2.68. The Morgan fingerprint density at radius 3 is 2.58 bits per heavy atom. The average molecular weight is 407 g/mol. The highest BCUT2D eigenvalue weighted by molar-refractivity contribution is 9.10. The summed E-state index contributed by atoms with van der Waals surface area (Å²) in [4.78, 5) is 12.0. The van der Waals surface area contributed by atoms with E-state index in [1.54, 1.807) is 24.3 Å². The first-order chi connectivity index (χ1) is 8.97. The van der Waals surface area contributed by atoms with Gasteiger partial charge in [0.2, 0.25) is 0 Å². The lowest BCUT2D eigenvalue weighted by molar-refractivity contribution is 0.102.